The van der Waals surface area contributed by atoms with Gasteiger partial charge in [-0.1, -0.05) is 0 Å². The van der Waals surface area contributed by atoms with Crippen molar-refractivity contribution in [3.8, 4) is 21.1 Å². The Kier molecular flexibility index (Phi) is 5.91. The van der Waals surface area contributed by atoms with Crippen LogP contribution in [-0.4, -0.2) is 14.5 Å². The summed E-state index contributed by atoms with van der Waals surface area (Å²) in [4.78, 5) is 0. The van der Waals surface area contributed by atoms with Crippen molar-refractivity contribution in [1.29, 1.82) is 0 Å². The number of benzene rings is 2. The van der Waals surface area contributed by atoms with Gasteiger partial charge in [0.2, 0.25) is 0 Å². The van der Waals surface area contributed by atoms with Gasteiger partial charge in [-0.15, -0.1) is 0 Å². The first kappa shape index (κ1) is 16.3. The van der Waals surface area contributed by atoms with Gasteiger partial charge in [-0.25, -0.2) is 0 Å². The molecule has 0 amide bonds. The maximum absolute atomic E-state index is 2.48. The van der Waals surface area contributed by atoms with Gasteiger partial charge >= 0.3 is 146 Å². The van der Waals surface area contributed by atoms with Gasteiger partial charge in [-0.3, -0.25) is 0 Å². The summed E-state index contributed by atoms with van der Waals surface area (Å²) in [5.41, 5.74) is 4.20. The van der Waals surface area contributed by atoms with Crippen LogP contribution < -0.4 is 0 Å². The molecule has 0 aliphatic heterocycles. The van der Waals surface area contributed by atoms with Crippen LogP contribution in [0.15, 0.2) is 66.7 Å². The molecule has 1 aromatic heterocycles. The molecule has 0 saturated heterocycles. The summed E-state index contributed by atoms with van der Waals surface area (Å²) in [7, 11) is 0. The molecule has 0 unspecified atom stereocenters. The van der Waals surface area contributed by atoms with E-state index in [-0.39, 0.29) is 0 Å². The first-order valence-electron chi connectivity index (χ1n) is 8.62. The molecule has 1 heteroatoms. The van der Waals surface area contributed by atoms with Crippen molar-refractivity contribution in [2.24, 2.45) is 0 Å². The SMILES string of the molecule is CCCCCCc1cc(-c2ccccc2)c(-c2ccccc2)[se]1. The molecule has 0 bridgehead atoms. The zero-order valence-corrected chi connectivity index (χ0v) is 15.5. The molecule has 23 heavy (non-hydrogen) atoms. The van der Waals surface area contributed by atoms with E-state index in [2.05, 4.69) is 73.7 Å². The van der Waals surface area contributed by atoms with Crippen LogP contribution >= 0.6 is 0 Å². The molecule has 0 spiro atoms. The second kappa shape index (κ2) is 8.34. The third kappa shape index (κ3) is 4.25. The Balaban J connectivity index is 1.91. The minimum absolute atomic E-state index is 0.471. The average molecular weight is 367 g/mol. The van der Waals surface area contributed by atoms with Gasteiger partial charge in [-0.2, -0.15) is 0 Å². The molecule has 0 atom stereocenters. The van der Waals surface area contributed by atoms with Gasteiger partial charge in [0.15, 0.2) is 0 Å². The molecule has 1 heterocycles. The van der Waals surface area contributed by atoms with Gasteiger partial charge in [0.1, 0.15) is 0 Å². The van der Waals surface area contributed by atoms with Gasteiger partial charge < -0.3 is 0 Å². The Hall–Kier alpha value is -1.56. The number of unbranched alkanes of at least 4 members (excludes halogenated alkanes) is 3. The summed E-state index contributed by atoms with van der Waals surface area (Å²) in [6, 6.07) is 24.3. The van der Waals surface area contributed by atoms with Crippen molar-refractivity contribution in [2.75, 3.05) is 0 Å². The molecule has 0 fully saturated rings. The summed E-state index contributed by atoms with van der Waals surface area (Å²) in [5.74, 6) is 0. The van der Waals surface area contributed by atoms with E-state index in [0.717, 1.165) is 0 Å². The monoisotopic (exact) mass is 368 g/mol. The number of rotatable bonds is 7. The van der Waals surface area contributed by atoms with E-state index < -0.39 is 0 Å². The van der Waals surface area contributed by atoms with Gasteiger partial charge in [0.25, 0.3) is 0 Å². The predicted octanol–water partition coefficient (Wildman–Crippen LogP) is 6.20. The van der Waals surface area contributed by atoms with E-state index in [0.29, 0.717) is 14.5 Å². The summed E-state index contributed by atoms with van der Waals surface area (Å²) < 4.78 is 3.21. The van der Waals surface area contributed by atoms with Crippen molar-refractivity contribution in [3.63, 3.8) is 0 Å². The molecule has 0 nitrogen and oxygen atoms in total. The topological polar surface area (TPSA) is 0 Å². The molecular formula is C22H24Se. The molecule has 2 aromatic carbocycles. The Bertz CT molecular complexity index is 653. The fourth-order valence-electron chi connectivity index (χ4n) is 2.93. The third-order valence-electron chi connectivity index (χ3n) is 4.18. The number of hydrogen-bond donors (Lipinski definition) is 0. The van der Waals surface area contributed by atoms with E-state index in [1.54, 1.807) is 8.87 Å². The standard InChI is InChI=1S/C22H24Se/c1-2-3-4-11-16-20-17-21(18-12-7-5-8-13-18)22(23-20)19-14-9-6-10-15-19/h5-10,12-15,17H,2-4,11,16H2,1H3. The molecule has 0 aliphatic rings. The van der Waals surface area contributed by atoms with Crippen molar-refractivity contribution < 1.29 is 0 Å². The number of aryl methyl sites for hydroxylation is 1. The molecule has 0 aliphatic carbocycles. The fraction of sp³-hybridized carbons (Fsp3) is 0.273. The fourth-order valence-corrected chi connectivity index (χ4v) is 5.50. The molecule has 3 rings (SSSR count). The summed E-state index contributed by atoms with van der Waals surface area (Å²) >= 11 is 0.471. The van der Waals surface area contributed by atoms with Crippen LogP contribution in [0.4, 0.5) is 0 Å². The maximum atomic E-state index is 2.48. The Morgan fingerprint density at radius 2 is 1.39 bits per heavy atom. The summed E-state index contributed by atoms with van der Waals surface area (Å²) in [5, 5.41) is 0. The second-order valence-corrected chi connectivity index (χ2v) is 8.38. The Morgan fingerprint density at radius 3 is 2.04 bits per heavy atom. The summed E-state index contributed by atoms with van der Waals surface area (Å²) in [6.45, 7) is 2.28. The molecule has 3 aromatic rings. The molecular weight excluding hydrogens is 343 g/mol. The first-order chi connectivity index (χ1) is 11.4. The average Bonchev–Trinajstić information content (AvgIpc) is 3.05. The normalized spacial score (nSPS) is 10.8. The third-order valence-corrected chi connectivity index (χ3v) is 6.79. The van der Waals surface area contributed by atoms with E-state index in [9.17, 15) is 0 Å². The van der Waals surface area contributed by atoms with Crippen LogP contribution in [0.3, 0.4) is 0 Å². The molecule has 0 N–H and O–H groups in total. The van der Waals surface area contributed by atoms with Crippen LogP contribution in [0.25, 0.3) is 21.1 Å². The zero-order chi connectivity index (χ0) is 15.9. The zero-order valence-electron chi connectivity index (χ0n) is 13.8. The van der Waals surface area contributed by atoms with Crippen LogP contribution in [0.1, 0.15) is 37.0 Å². The van der Waals surface area contributed by atoms with Crippen molar-refractivity contribution in [1.82, 2.24) is 0 Å². The predicted molar refractivity (Wildman–Crippen MR) is 102 cm³/mol. The molecule has 0 radical (unpaired) electrons. The number of hydrogen-bond acceptors (Lipinski definition) is 0. The van der Waals surface area contributed by atoms with Crippen molar-refractivity contribution >= 4 is 14.5 Å². The van der Waals surface area contributed by atoms with Crippen molar-refractivity contribution in [3.05, 3.63) is 71.2 Å². The Labute approximate surface area is 145 Å². The second-order valence-electron chi connectivity index (χ2n) is 6.00. The first-order valence-corrected chi connectivity index (χ1v) is 10.3. The van der Waals surface area contributed by atoms with Gasteiger partial charge in [-0.05, 0) is 0 Å². The van der Waals surface area contributed by atoms with E-state index in [4.69, 9.17) is 0 Å². The van der Waals surface area contributed by atoms with E-state index in [1.165, 1.54) is 48.8 Å². The van der Waals surface area contributed by atoms with Crippen LogP contribution in [0.5, 0.6) is 0 Å². The Morgan fingerprint density at radius 1 is 0.739 bits per heavy atom. The molecule has 118 valence electrons. The van der Waals surface area contributed by atoms with Gasteiger partial charge in [0, 0.05) is 0 Å². The minimum atomic E-state index is 0.471. The van der Waals surface area contributed by atoms with Crippen LogP contribution in [0.2, 0.25) is 0 Å². The quantitative estimate of drug-likeness (QED) is 0.344. The van der Waals surface area contributed by atoms with Gasteiger partial charge in [0.05, 0.1) is 0 Å². The summed E-state index contributed by atoms with van der Waals surface area (Å²) in [6.07, 6.45) is 6.65. The van der Waals surface area contributed by atoms with E-state index >= 15 is 0 Å². The van der Waals surface area contributed by atoms with Crippen LogP contribution in [0, 0.1) is 0 Å². The molecule has 0 saturated carbocycles. The van der Waals surface area contributed by atoms with E-state index in [1.807, 2.05) is 0 Å². The van der Waals surface area contributed by atoms with Crippen molar-refractivity contribution in [2.45, 2.75) is 39.0 Å². The van der Waals surface area contributed by atoms with Crippen LogP contribution in [-0.2, 0) is 6.42 Å².